The van der Waals surface area contributed by atoms with Gasteiger partial charge in [0.2, 0.25) is 0 Å². The van der Waals surface area contributed by atoms with Gasteiger partial charge >= 0.3 is 0 Å². The molecule has 0 amide bonds. The van der Waals surface area contributed by atoms with Gasteiger partial charge in [-0.05, 0) is 42.5 Å². The highest BCUT2D eigenvalue weighted by Gasteiger charge is 2.58. The number of likely N-dealkylation sites (N-methyl/N-ethyl adjacent to an activating group) is 1. The molecule has 0 saturated carbocycles. The van der Waals surface area contributed by atoms with E-state index in [-0.39, 0.29) is 24.1 Å². The molecule has 0 aliphatic carbocycles. The van der Waals surface area contributed by atoms with Crippen molar-refractivity contribution in [1.29, 1.82) is 0 Å². The summed E-state index contributed by atoms with van der Waals surface area (Å²) < 4.78 is 6.11. The van der Waals surface area contributed by atoms with Crippen LogP contribution in [-0.2, 0) is 0 Å². The van der Waals surface area contributed by atoms with Gasteiger partial charge in [-0.1, -0.05) is 85.8 Å². The number of para-hydroxylation sites is 1. The van der Waals surface area contributed by atoms with Gasteiger partial charge in [-0.15, -0.1) is 0 Å². The van der Waals surface area contributed by atoms with Gasteiger partial charge in [0.15, 0.2) is 0 Å². The van der Waals surface area contributed by atoms with Gasteiger partial charge in [0.25, 0.3) is 0 Å². The molecule has 2 N–H and O–H groups in total. The lowest BCUT2D eigenvalue weighted by atomic mass is 9.60. The van der Waals surface area contributed by atoms with Crippen molar-refractivity contribution in [2.45, 2.75) is 37.3 Å². The van der Waals surface area contributed by atoms with E-state index in [1.807, 2.05) is 6.07 Å². The van der Waals surface area contributed by atoms with Gasteiger partial charge in [0.05, 0.1) is 12.3 Å². The molecule has 178 valence electrons. The van der Waals surface area contributed by atoms with Crippen LogP contribution in [0.25, 0.3) is 0 Å². The van der Waals surface area contributed by atoms with Crippen LogP contribution in [0.3, 0.4) is 0 Å². The number of hydrogen-bond donors (Lipinski definition) is 2. The van der Waals surface area contributed by atoms with Crippen molar-refractivity contribution in [3.63, 3.8) is 0 Å². The standard InChI is InChI=1S/C30H36N2O2/c1-2-31-30(28(23-11-5-3-6-12-23)24-13-7-4-8-14-24)29(25-17-19-32(30)20-18-25)26-15-9-10-16-27(26)34-22-21-33/h3-16,25,28-29,31,33H,2,17-22H2,1H3/t29-,30?/m1/s1. The quantitative estimate of drug-likeness (QED) is 0.475. The average Bonchev–Trinajstić information content (AvgIpc) is 2.90. The molecular weight excluding hydrogens is 420 g/mol. The Bertz CT molecular complexity index is 1010. The molecule has 0 aromatic heterocycles. The number of nitrogens with zero attached hydrogens (tertiary/aromatic N) is 1. The highest BCUT2D eigenvalue weighted by atomic mass is 16.5. The number of ether oxygens (including phenoxy) is 1. The first-order valence-electron chi connectivity index (χ1n) is 12.7. The smallest absolute Gasteiger partial charge is 0.123 e. The fourth-order valence-electron chi connectivity index (χ4n) is 6.64. The third-order valence-corrected chi connectivity index (χ3v) is 7.78. The minimum Gasteiger partial charge on any atom is -0.491 e. The van der Waals surface area contributed by atoms with E-state index in [0.717, 1.165) is 25.4 Å². The third-order valence-electron chi connectivity index (χ3n) is 7.78. The summed E-state index contributed by atoms with van der Waals surface area (Å²) in [5.41, 5.74) is 3.64. The predicted molar refractivity (Wildman–Crippen MR) is 137 cm³/mol. The second-order valence-electron chi connectivity index (χ2n) is 9.52. The largest absolute Gasteiger partial charge is 0.491 e. The number of aliphatic hydroxyl groups is 1. The maximum absolute atomic E-state index is 9.46. The summed E-state index contributed by atoms with van der Waals surface area (Å²) in [4.78, 5) is 2.72. The molecule has 1 unspecified atom stereocenters. The molecule has 3 fully saturated rings. The van der Waals surface area contributed by atoms with Crippen LogP contribution in [0.15, 0.2) is 84.9 Å². The van der Waals surface area contributed by atoms with Gasteiger partial charge in [0.1, 0.15) is 12.4 Å². The summed E-state index contributed by atoms with van der Waals surface area (Å²) in [5, 5.41) is 13.5. The molecule has 3 saturated heterocycles. The Labute approximate surface area is 203 Å². The van der Waals surface area contributed by atoms with Crippen molar-refractivity contribution >= 4 is 0 Å². The first-order valence-corrected chi connectivity index (χ1v) is 12.7. The Morgan fingerprint density at radius 1 is 0.912 bits per heavy atom. The molecule has 6 rings (SSSR count). The molecule has 3 aliphatic rings. The Kier molecular flexibility index (Phi) is 7.00. The topological polar surface area (TPSA) is 44.7 Å². The van der Waals surface area contributed by atoms with Gasteiger partial charge in [-0.25, -0.2) is 0 Å². The maximum atomic E-state index is 9.46. The molecule has 34 heavy (non-hydrogen) atoms. The second kappa shape index (κ2) is 10.3. The van der Waals surface area contributed by atoms with Gasteiger partial charge in [-0.3, -0.25) is 10.2 Å². The van der Waals surface area contributed by atoms with E-state index >= 15 is 0 Å². The molecule has 3 aromatic rings. The number of fused-ring (bicyclic) bond motifs is 3. The van der Waals surface area contributed by atoms with E-state index < -0.39 is 0 Å². The number of benzene rings is 3. The fraction of sp³-hybridized carbons (Fsp3) is 0.400. The second-order valence-corrected chi connectivity index (χ2v) is 9.52. The van der Waals surface area contributed by atoms with E-state index in [2.05, 4.69) is 96.0 Å². The van der Waals surface area contributed by atoms with Crippen molar-refractivity contribution in [3.8, 4) is 5.75 Å². The van der Waals surface area contributed by atoms with E-state index in [9.17, 15) is 5.11 Å². The van der Waals surface area contributed by atoms with Crippen LogP contribution >= 0.6 is 0 Å². The van der Waals surface area contributed by atoms with Crippen LogP contribution < -0.4 is 10.1 Å². The number of piperidine rings is 3. The maximum Gasteiger partial charge on any atom is 0.123 e. The summed E-state index contributed by atoms with van der Waals surface area (Å²) >= 11 is 0. The SMILES string of the molecule is CCNC1(C(c2ccccc2)c2ccccc2)[C@@H](c2ccccc2OCCO)C2CCN1CC2. The zero-order valence-electron chi connectivity index (χ0n) is 20.1. The minimum absolute atomic E-state index is 0.0174. The molecule has 4 heteroatoms. The van der Waals surface area contributed by atoms with Crippen molar-refractivity contribution in [2.24, 2.45) is 5.92 Å². The molecule has 3 heterocycles. The minimum atomic E-state index is -0.280. The lowest BCUT2D eigenvalue weighted by Crippen LogP contribution is -2.72. The summed E-state index contributed by atoms with van der Waals surface area (Å²) in [7, 11) is 0. The zero-order chi connectivity index (χ0) is 23.4. The van der Waals surface area contributed by atoms with E-state index in [4.69, 9.17) is 4.74 Å². The van der Waals surface area contributed by atoms with Crippen LogP contribution in [0.4, 0.5) is 0 Å². The van der Waals surface area contributed by atoms with Crippen LogP contribution in [0.2, 0.25) is 0 Å². The predicted octanol–water partition coefficient (Wildman–Crippen LogP) is 5.00. The monoisotopic (exact) mass is 456 g/mol. The first-order chi connectivity index (χ1) is 16.8. The zero-order valence-corrected chi connectivity index (χ0v) is 20.1. The molecule has 2 atom stereocenters. The van der Waals surface area contributed by atoms with Gasteiger partial charge in [0, 0.05) is 30.5 Å². The Balaban J connectivity index is 1.74. The summed E-state index contributed by atoms with van der Waals surface area (Å²) in [5.74, 6) is 1.89. The molecule has 3 aromatic carbocycles. The fourth-order valence-corrected chi connectivity index (χ4v) is 6.64. The van der Waals surface area contributed by atoms with Crippen molar-refractivity contribution in [3.05, 3.63) is 102 Å². The summed E-state index contributed by atoms with van der Waals surface area (Å²) in [6.45, 7) is 5.64. The van der Waals surface area contributed by atoms with Gasteiger partial charge in [-0.2, -0.15) is 0 Å². The highest BCUT2D eigenvalue weighted by Crippen LogP contribution is 2.57. The van der Waals surface area contributed by atoms with E-state index in [1.165, 1.54) is 29.5 Å². The Morgan fingerprint density at radius 3 is 2.09 bits per heavy atom. The van der Waals surface area contributed by atoms with E-state index in [0.29, 0.717) is 12.5 Å². The van der Waals surface area contributed by atoms with Crippen LogP contribution in [0.5, 0.6) is 5.75 Å². The number of nitrogens with one attached hydrogen (secondary N) is 1. The number of aliphatic hydroxyl groups excluding tert-OH is 1. The molecule has 4 nitrogen and oxygen atoms in total. The first kappa shape index (κ1) is 23.1. The van der Waals surface area contributed by atoms with Crippen LogP contribution in [0, 0.1) is 5.92 Å². The van der Waals surface area contributed by atoms with Crippen LogP contribution in [0.1, 0.15) is 48.3 Å². The van der Waals surface area contributed by atoms with Crippen molar-refractivity contribution in [1.82, 2.24) is 10.2 Å². The lowest BCUT2D eigenvalue weighted by molar-refractivity contribution is -0.0833. The normalized spacial score (nSPS) is 26.0. The van der Waals surface area contributed by atoms with Crippen LogP contribution in [-0.4, -0.2) is 48.5 Å². The number of hydrogen-bond acceptors (Lipinski definition) is 4. The average molecular weight is 457 g/mol. The summed E-state index contributed by atoms with van der Waals surface area (Å²) in [6.07, 6.45) is 2.39. The van der Waals surface area contributed by atoms with Gasteiger partial charge < -0.3 is 9.84 Å². The third kappa shape index (κ3) is 4.04. The Morgan fingerprint density at radius 2 is 1.50 bits per heavy atom. The van der Waals surface area contributed by atoms with E-state index in [1.54, 1.807) is 0 Å². The summed E-state index contributed by atoms with van der Waals surface area (Å²) in [6, 6.07) is 30.5. The molecule has 2 bridgehead atoms. The Hall–Kier alpha value is -2.66. The molecular formula is C30H36N2O2. The molecule has 0 spiro atoms. The number of rotatable bonds is 9. The van der Waals surface area contributed by atoms with Crippen molar-refractivity contribution < 1.29 is 9.84 Å². The molecule has 3 aliphatic heterocycles. The lowest BCUT2D eigenvalue weighted by Gasteiger charge is -2.63. The highest BCUT2D eigenvalue weighted by molar-refractivity contribution is 5.45. The molecule has 0 radical (unpaired) electrons. The van der Waals surface area contributed by atoms with Crippen molar-refractivity contribution in [2.75, 3.05) is 32.8 Å².